The Morgan fingerprint density at radius 3 is 2.70 bits per heavy atom. The summed E-state index contributed by atoms with van der Waals surface area (Å²) in [6.07, 6.45) is -2.11. The molecule has 27 heavy (non-hydrogen) atoms. The van der Waals surface area contributed by atoms with Crippen molar-refractivity contribution in [1.29, 1.82) is 0 Å². The number of H-pyrrole nitrogens is 1. The maximum absolute atomic E-state index is 13.1. The maximum atomic E-state index is 13.1. The van der Waals surface area contributed by atoms with E-state index in [-0.39, 0.29) is 52.0 Å². The second-order valence-corrected chi connectivity index (χ2v) is 6.97. The fraction of sp³-hybridized carbons (Fsp3) is 0.250. The number of nitrogens with zero attached hydrogens (tertiary/aromatic N) is 2. The molecule has 3 heterocycles. The summed E-state index contributed by atoms with van der Waals surface area (Å²) in [5.41, 5.74) is 2.19. The monoisotopic (exact) mass is 405 g/mol. The Balaban J connectivity index is 0.00000210. The number of halogens is 2. The molecule has 1 unspecified atom stereocenters. The van der Waals surface area contributed by atoms with Gasteiger partial charge in [-0.05, 0) is 13.0 Å². The zero-order valence-electron chi connectivity index (χ0n) is 13.7. The molecule has 0 spiro atoms. The van der Waals surface area contributed by atoms with Crippen molar-refractivity contribution < 1.29 is 27.5 Å². The van der Waals surface area contributed by atoms with Crippen molar-refractivity contribution >= 4 is 51.8 Å². The zero-order chi connectivity index (χ0) is 18.5. The van der Waals surface area contributed by atoms with Crippen LogP contribution in [0.25, 0.3) is 11.0 Å². The Labute approximate surface area is 177 Å². The number of benzene rings is 1. The summed E-state index contributed by atoms with van der Waals surface area (Å²) < 4.78 is 52.9. The van der Waals surface area contributed by atoms with Gasteiger partial charge in [-0.25, -0.2) is 0 Å². The van der Waals surface area contributed by atoms with E-state index in [1.165, 1.54) is 12.1 Å². The summed E-state index contributed by atoms with van der Waals surface area (Å²) in [5.74, 6) is 0.571. The van der Waals surface area contributed by atoms with Crippen LogP contribution in [0.2, 0.25) is 0 Å². The Morgan fingerprint density at radius 2 is 2.00 bits per heavy atom. The number of imidazole rings is 1. The molecule has 0 aliphatic carbocycles. The standard InChI is InChI=1S/C16H13F2N3O4S.Na.H/c1-8-11(19-4-3-12(8)23-2)7-26(22)15-20-9-5-13-14(6-10(9)21-15)25-16(17,18)24-13;;/h3-6H,7H2,1-2H3,(H,20,21);;. The molecule has 1 aromatic carbocycles. The van der Waals surface area contributed by atoms with Crippen LogP contribution >= 0.6 is 0 Å². The summed E-state index contributed by atoms with van der Waals surface area (Å²) in [6.45, 7) is 1.83. The van der Waals surface area contributed by atoms with Gasteiger partial charge in [0.15, 0.2) is 17.3 Å². The molecule has 0 saturated carbocycles. The van der Waals surface area contributed by atoms with Crippen molar-refractivity contribution in [3.63, 3.8) is 0 Å². The van der Waals surface area contributed by atoms with Crippen LogP contribution in [0.3, 0.4) is 0 Å². The van der Waals surface area contributed by atoms with E-state index in [1.54, 1.807) is 19.4 Å². The van der Waals surface area contributed by atoms with E-state index in [4.69, 9.17) is 4.74 Å². The predicted octanol–water partition coefficient (Wildman–Crippen LogP) is 2.26. The Morgan fingerprint density at radius 1 is 1.30 bits per heavy atom. The average molecular weight is 405 g/mol. The van der Waals surface area contributed by atoms with Crippen LogP contribution in [0.1, 0.15) is 11.3 Å². The van der Waals surface area contributed by atoms with Crippen LogP contribution in [0.15, 0.2) is 29.6 Å². The van der Waals surface area contributed by atoms with Crippen LogP contribution < -0.4 is 14.2 Å². The van der Waals surface area contributed by atoms with Gasteiger partial charge in [-0.3, -0.25) is 9.97 Å². The molecule has 0 amide bonds. The first-order chi connectivity index (χ1) is 12.4. The summed E-state index contributed by atoms with van der Waals surface area (Å²) in [5, 5.41) is 0.208. The minimum atomic E-state index is -3.69. The van der Waals surface area contributed by atoms with Gasteiger partial charge in [0.2, 0.25) is 0 Å². The SMILES string of the molecule is COc1ccnc(C[S+]([O-])c2nc3cc4c(cc3[nH]2)OC(F)(F)O4)c1C.[NaH]. The number of methoxy groups -OCH3 is 1. The molecular formula is C16H14F2N3NaO4S. The van der Waals surface area contributed by atoms with Crippen LogP contribution in [-0.4, -0.2) is 62.5 Å². The third kappa shape index (κ3) is 3.85. The molecule has 138 valence electrons. The van der Waals surface area contributed by atoms with Gasteiger partial charge in [-0.15, -0.1) is 8.78 Å². The van der Waals surface area contributed by atoms with E-state index in [9.17, 15) is 13.3 Å². The van der Waals surface area contributed by atoms with E-state index in [0.717, 1.165) is 5.56 Å². The summed E-state index contributed by atoms with van der Waals surface area (Å²) in [6, 6.07) is 4.38. The van der Waals surface area contributed by atoms with Crippen molar-refractivity contribution in [3.05, 3.63) is 35.7 Å². The number of hydrogen-bond donors (Lipinski definition) is 1. The zero-order valence-corrected chi connectivity index (χ0v) is 14.5. The Hall–Kier alpha value is -1.59. The molecule has 4 rings (SSSR count). The van der Waals surface area contributed by atoms with Crippen LogP contribution in [0.5, 0.6) is 17.2 Å². The first-order valence-corrected chi connectivity index (χ1v) is 8.84. The molecule has 3 aromatic rings. The van der Waals surface area contributed by atoms with Crippen molar-refractivity contribution in [2.24, 2.45) is 0 Å². The summed E-state index contributed by atoms with van der Waals surface area (Å²) in [7, 11) is 1.55. The Kier molecular flexibility index (Phi) is 5.55. The van der Waals surface area contributed by atoms with Crippen LogP contribution in [0, 0.1) is 6.92 Å². The molecule has 1 aliphatic rings. The number of aromatic amines is 1. The average Bonchev–Trinajstić information content (AvgIpc) is 3.12. The van der Waals surface area contributed by atoms with Gasteiger partial charge in [0.25, 0.3) is 0 Å². The number of pyridine rings is 1. The summed E-state index contributed by atoms with van der Waals surface area (Å²) in [4.78, 5) is 11.3. The molecule has 0 saturated heterocycles. The quantitative estimate of drug-likeness (QED) is 0.529. The predicted molar refractivity (Wildman–Crippen MR) is 95.1 cm³/mol. The molecule has 7 nitrogen and oxygen atoms in total. The van der Waals surface area contributed by atoms with Gasteiger partial charge in [-0.2, -0.15) is 4.98 Å². The fourth-order valence-corrected chi connectivity index (χ4v) is 3.76. The normalized spacial score (nSPS) is 15.4. The fourth-order valence-electron chi connectivity index (χ4n) is 2.66. The molecular weight excluding hydrogens is 391 g/mol. The number of nitrogens with one attached hydrogen (secondary N) is 1. The van der Waals surface area contributed by atoms with Gasteiger partial charge in [-0.1, -0.05) is 0 Å². The molecule has 0 bridgehead atoms. The number of rotatable bonds is 4. The van der Waals surface area contributed by atoms with Gasteiger partial charge in [0.05, 0.1) is 23.8 Å². The molecule has 1 N–H and O–H groups in total. The van der Waals surface area contributed by atoms with Gasteiger partial charge in [0.1, 0.15) is 5.75 Å². The van der Waals surface area contributed by atoms with Crippen molar-refractivity contribution in [2.75, 3.05) is 7.11 Å². The van der Waals surface area contributed by atoms with E-state index in [0.29, 0.717) is 22.5 Å². The van der Waals surface area contributed by atoms with Crippen molar-refractivity contribution in [2.45, 2.75) is 24.1 Å². The van der Waals surface area contributed by atoms with Gasteiger partial charge < -0.3 is 18.8 Å². The summed E-state index contributed by atoms with van der Waals surface area (Å²) >= 11 is -1.51. The van der Waals surface area contributed by atoms with E-state index >= 15 is 0 Å². The van der Waals surface area contributed by atoms with Crippen molar-refractivity contribution in [3.8, 4) is 17.2 Å². The Bertz CT molecular complexity index is 956. The van der Waals surface area contributed by atoms with Gasteiger partial charge in [0, 0.05) is 35.1 Å². The minimum absolute atomic E-state index is 0. The molecule has 0 radical (unpaired) electrons. The molecule has 1 atom stereocenters. The first-order valence-electron chi connectivity index (χ1n) is 7.53. The number of ether oxygens (including phenoxy) is 3. The third-order valence-corrected chi connectivity index (χ3v) is 5.11. The topological polar surface area (TPSA) is 92.3 Å². The van der Waals surface area contributed by atoms with Crippen LogP contribution in [-0.2, 0) is 16.9 Å². The third-order valence-electron chi connectivity index (χ3n) is 3.95. The molecule has 2 aromatic heterocycles. The molecule has 1 aliphatic heterocycles. The molecule has 0 fully saturated rings. The van der Waals surface area contributed by atoms with Crippen molar-refractivity contribution in [1.82, 2.24) is 15.0 Å². The van der Waals surface area contributed by atoms with E-state index < -0.39 is 17.5 Å². The number of alkyl halides is 2. The van der Waals surface area contributed by atoms with Crippen LogP contribution in [0.4, 0.5) is 8.78 Å². The second-order valence-electron chi connectivity index (χ2n) is 5.60. The number of aromatic nitrogens is 3. The number of fused-ring (bicyclic) bond motifs is 2. The second kappa shape index (κ2) is 7.44. The van der Waals surface area contributed by atoms with E-state index in [2.05, 4.69) is 24.4 Å². The van der Waals surface area contributed by atoms with Gasteiger partial charge >= 0.3 is 41.0 Å². The first kappa shape index (κ1) is 20.2. The number of hydrogen-bond acceptors (Lipinski definition) is 6. The molecule has 11 heteroatoms. The van der Waals surface area contributed by atoms with E-state index in [1.807, 2.05) is 6.92 Å².